The Hall–Kier alpha value is -0.620. The number of rotatable bonds is 3. The number of halogens is 1. The largest absolute Gasteiger partial charge is 0.314 e. The van der Waals surface area contributed by atoms with E-state index in [4.69, 9.17) is 11.6 Å². The standard InChI is InChI=1S/C15H21ClN2O2S/c16-13-3-1-4-14(11-13)21(19,20)18-9-6-12(7-10-18)15-5-2-8-17-15/h1,3-4,11-12,15,17H,2,5-10H2. The van der Waals surface area contributed by atoms with Crippen molar-refractivity contribution >= 4 is 21.6 Å². The van der Waals surface area contributed by atoms with Crippen LogP contribution in [0, 0.1) is 5.92 Å². The fourth-order valence-corrected chi connectivity index (χ4v) is 5.18. The van der Waals surface area contributed by atoms with Gasteiger partial charge in [-0.2, -0.15) is 4.31 Å². The maximum atomic E-state index is 12.6. The molecule has 1 unspecified atom stereocenters. The molecule has 2 aliphatic rings. The van der Waals surface area contributed by atoms with Crippen molar-refractivity contribution in [3.63, 3.8) is 0 Å². The summed E-state index contributed by atoms with van der Waals surface area (Å²) in [6, 6.07) is 7.11. The number of hydrogen-bond acceptors (Lipinski definition) is 3. The number of nitrogens with zero attached hydrogens (tertiary/aromatic N) is 1. The summed E-state index contributed by atoms with van der Waals surface area (Å²) in [4.78, 5) is 0.299. The van der Waals surface area contributed by atoms with Crippen LogP contribution in [0.15, 0.2) is 29.2 Å². The predicted octanol–water partition coefficient (Wildman–Crippen LogP) is 2.49. The van der Waals surface area contributed by atoms with Gasteiger partial charge in [-0.15, -0.1) is 0 Å². The summed E-state index contributed by atoms with van der Waals surface area (Å²) in [7, 11) is -3.40. The fourth-order valence-electron chi connectivity index (χ4n) is 3.41. The molecule has 2 aliphatic heterocycles. The highest BCUT2D eigenvalue weighted by atomic mass is 35.5. The van der Waals surface area contributed by atoms with E-state index in [1.54, 1.807) is 22.5 Å². The molecule has 2 saturated heterocycles. The Morgan fingerprint density at radius 1 is 1.19 bits per heavy atom. The van der Waals surface area contributed by atoms with E-state index in [2.05, 4.69) is 5.32 Å². The Balaban J connectivity index is 1.68. The van der Waals surface area contributed by atoms with Crippen molar-refractivity contribution in [2.45, 2.75) is 36.6 Å². The van der Waals surface area contributed by atoms with Crippen LogP contribution < -0.4 is 5.32 Å². The van der Waals surface area contributed by atoms with Crippen molar-refractivity contribution in [1.29, 1.82) is 0 Å². The summed E-state index contributed by atoms with van der Waals surface area (Å²) in [6.07, 6.45) is 4.35. The fraction of sp³-hybridized carbons (Fsp3) is 0.600. The Morgan fingerprint density at radius 3 is 2.57 bits per heavy atom. The average molecular weight is 329 g/mol. The molecular weight excluding hydrogens is 308 g/mol. The van der Waals surface area contributed by atoms with E-state index in [9.17, 15) is 8.42 Å². The minimum absolute atomic E-state index is 0.299. The molecule has 0 aromatic heterocycles. The van der Waals surface area contributed by atoms with Gasteiger partial charge >= 0.3 is 0 Å². The van der Waals surface area contributed by atoms with Crippen LogP contribution in [-0.2, 0) is 10.0 Å². The lowest BCUT2D eigenvalue weighted by Crippen LogP contribution is -2.43. The summed E-state index contributed by atoms with van der Waals surface area (Å²) in [5.74, 6) is 0.610. The van der Waals surface area contributed by atoms with Crippen molar-refractivity contribution in [2.24, 2.45) is 5.92 Å². The lowest BCUT2D eigenvalue weighted by atomic mass is 9.89. The van der Waals surface area contributed by atoms with E-state index in [1.165, 1.54) is 18.9 Å². The topological polar surface area (TPSA) is 49.4 Å². The molecule has 1 aromatic carbocycles. The van der Waals surface area contributed by atoms with E-state index in [0.29, 0.717) is 35.0 Å². The molecule has 0 spiro atoms. The summed E-state index contributed by atoms with van der Waals surface area (Å²) in [5, 5.41) is 3.99. The molecule has 1 atom stereocenters. The third-order valence-electron chi connectivity index (χ3n) is 4.60. The second-order valence-electron chi connectivity index (χ2n) is 5.90. The number of hydrogen-bond donors (Lipinski definition) is 1. The lowest BCUT2D eigenvalue weighted by molar-refractivity contribution is 0.234. The van der Waals surface area contributed by atoms with Gasteiger partial charge in [-0.05, 0) is 56.3 Å². The monoisotopic (exact) mass is 328 g/mol. The predicted molar refractivity (Wildman–Crippen MR) is 84.0 cm³/mol. The SMILES string of the molecule is O=S(=O)(c1cccc(Cl)c1)N1CCC(C2CCCN2)CC1. The zero-order chi connectivity index (χ0) is 14.9. The smallest absolute Gasteiger partial charge is 0.243 e. The third kappa shape index (κ3) is 3.26. The van der Waals surface area contributed by atoms with E-state index < -0.39 is 10.0 Å². The molecule has 2 fully saturated rings. The summed E-state index contributed by atoms with van der Waals surface area (Å²) in [5.41, 5.74) is 0. The Morgan fingerprint density at radius 2 is 1.95 bits per heavy atom. The van der Waals surface area contributed by atoms with Crippen LogP contribution in [0.4, 0.5) is 0 Å². The normalized spacial score (nSPS) is 25.3. The van der Waals surface area contributed by atoms with E-state index in [0.717, 1.165) is 19.4 Å². The molecule has 4 nitrogen and oxygen atoms in total. The van der Waals surface area contributed by atoms with Gasteiger partial charge in [0.1, 0.15) is 0 Å². The van der Waals surface area contributed by atoms with Gasteiger partial charge < -0.3 is 5.32 Å². The van der Waals surface area contributed by atoms with Gasteiger partial charge in [0, 0.05) is 24.2 Å². The van der Waals surface area contributed by atoms with Crippen molar-refractivity contribution in [1.82, 2.24) is 9.62 Å². The third-order valence-corrected chi connectivity index (χ3v) is 6.73. The van der Waals surface area contributed by atoms with Crippen LogP contribution in [0.2, 0.25) is 5.02 Å². The summed E-state index contributed by atoms with van der Waals surface area (Å²) in [6.45, 7) is 2.32. The molecule has 0 bridgehead atoms. The van der Waals surface area contributed by atoms with Gasteiger partial charge in [-0.3, -0.25) is 0 Å². The first-order valence-corrected chi connectivity index (χ1v) is 9.38. The number of sulfonamides is 1. The molecule has 0 radical (unpaired) electrons. The van der Waals surface area contributed by atoms with Crippen molar-refractivity contribution < 1.29 is 8.42 Å². The molecule has 1 N–H and O–H groups in total. The van der Waals surface area contributed by atoms with Gasteiger partial charge in [-0.25, -0.2) is 8.42 Å². The zero-order valence-electron chi connectivity index (χ0n) is 12.0. The van der Waals surface area contributed by atoms with Crippen molar-refractivity contribution in [3.8, 4) is 0 Å². The minimum Gasteiger partial charge on any atom is -0.314 e. The molecule has 1 aromatic rings. The van der Waals surface area contributed by atoms with Crippen molar-refractivity contribution in [2.75, 3.05) is 19.6 Å². The second kappa shape index (κ2) is 6.24. The molecule has 116 valence electrons. The Kier molecular flexibility index (Phi) is 4.54. The summed E-state index contributed by atoms with van der Waals surface area (Å²) < 4.78 is 26.8. The molecule has 0 aliphatic carbocycles. The average Bonchev–Trinajstić information content (AvgIpc) is 3.02. The van der Waals surface area contributed by atoms with Gasteiger partial charge in [0.25, 0.3) is 0 Å². The molecular formula is C15H21ClN2O2S. The second-order valence-corrected chi connectivity index (χ2v) is 8.28. The minimum atomic E-state index is -3.40. The van der Waals surface area contributed by atoms with E-state index in [-0.39, 0.29) is 0 Å². The van der Waals surface area contributed by atoms with E-state index >= 15 is 0 Å². The van der Waals surface area contributed by atoms with Gasteiger partial charge in [0.2, 0.25) is 10.0 Å². The number of benzene rings is 1. The Bertz CT molecular complexity index is 591. The molecule has 2 heterocycles. The van der Waals surface area contributed by atoms with Crippen LogP contribution in [-0.4, -0.2) is 38.4 Å². The van der Waals surface area contributed by atoms with Crippen LogP contribution in [0.1, 0.15) is 25.7 Å². The quantitative estimate of drug-likeness (QED) is 0.927. The van der Waals surface area contributed by atoms with Crippen molar-refractivity contribution in [3.05, 3.63) is 29.3 Å². The molecule has 0 saturated carbocycles. The molecule has 6 heteroatoms. The Labute approximate surface area is 131 Å². The highest BCUT2D eigenvalue weighted by Crippen LogP contribution is 2.29. The molecule has 0 amide bonds. The van der Waals surface area contributed by atoms with Crippen LogP contribution in [0.3, 0.4) is 0 Å². The van der Waals surface area contributed by atoms with E-state index in [1.807, 2.05) is 0 Å². The van der Waals surface area contributed by atoms with Crippen LogP contribution in [0.25, 0.3) is 0 Å². The summed E-state index contributed by atoms with van der Waals surface area (Å²) >= 11 is 5.91. The molecule has 3 rings (SSSR count). The lowest BCUT2D eigenvalue weighted by Gasteiger charge is -2.34. The maximum absolute atomic E-state index is 12.6. The first-order chi connectivity index (χ1) is 10.1. The zero-order valence-corrected chi connectivity index (χ0v) is 13.5. The van der Waals surface area contributed by atoms with Gasteiger partial charge in [-0.1, -0.05) is 17.7 Å². The maximum Gasteiger partial charge on any atom is 0.243 e. The number of nitrogens with one attached hydrogen (secondary N) is 1. The highest BCUT2D eigenvalue weighted by Gasteiger charge is 2.33. The van der Waals surface area contributed by atoms with Gasteiger partial charge in [0.15, 0.2) is 0 Å². The van der Waals surface area contributed by atoms with Crippen LogP contribution >= 0.6 is 11.6 Å². The first kappa shape index (κ1) is 15.3. The van der Waals surface area contributed by atoms with Gasteiger partial charge in [0.05, 0.1) is 4.90 Å². The highest BCUT2D eigenvalue weighted by molar-refractivity contribution is 7.89. The number of piperidine rings is 1. The first-order valence-electron chi connectivity index (χ1n) is 7.56. The molecule has 21 heavy (non-hydrogen) atoms. The van der Waals surface area contributed by atoms with Crippen LogP contribution in [0.5, 0.6) is 0 Å².